The van der Waals surface area contributed by atoms with Gasteiger partial charge in [0.25, 0.3) is 0 Å². The van der Waals surface area contributed by atoms with Crippen molar-refractivity contribution in [3.05, 3.63) is 46.5 Å². The van der Waals surface area contributed by atoms with E-state index < -0.39 is 0 Å². The monoisotopic (exact) mass is 661 g/mol. The topological polar surface area (TPSA) is 73.5 Å². The summed E-state index contributed by atoms with van der Waals surface area (Å²) in [4.78, 5) is 8.57. The molecule has 48 heavy (non-hydrogen) atoms. The first-order valence-electron chi connectivity index (χ1n) is 18.7. The Morgan fingerprint density at radius 3 is 2.19 bits per heavy atom. The van der Waals surface area contributed by atoms with Crippen LogP contribution in [0.15, 0.2) is 24.3 Å². The number of hydroxylamine groups is 1. The normalized spacial score (nSPS) is 32.8. The molecule has 0 aromatic heterocycles. The fourth-order valence-corrected chi connectivity index (χ4v) is 11.0. The molecule has 7 atom stereocenters. The number of nitrogens with one attached hydrogen (secondary N) is 2. The Labute approximate surface area is 288 Å². The van der Waals surface area contributed by atoms with Gasteiger partial charge in [-0.1, -0.05) is 26.2 Å². The van der Waals surface area contributed by atoms with Crippen molar-refractivity contribution in [2.24, 2.45) is 17.8 Å². The van der Waals surface area contributed by atoms with Gasteiger partial charge in [-0.15, -0.1) is 0 Å². The van der Waals surface area contributed by atoms with E-state index in [1.54, 1.807) is 28.4 Å². The van der Waals surface area contributed by atoms with Crippen molar-refractivity contribution in [1.29, 1.82) is 0 Å². The number of piperidine rings is 1. The number of ether oxygens (including phenoxy) is 4. The third-order valence-electron chi connectivity index (χ3n) is 13.2. The third kappa shape index (κ3) is 6.09. The van der Waals surface area contributed by atoms with Crippen molar-refractivity contribution in [1.82, 2.24) is 15.7 Å². The first-order chi connectivity index (χ1) is 23.4. The Bertz CT molecular complexity index is 1440. The molecule has 4 heterocycles. The molecule has 2 bridgehead atoms. The van der Waals surface area contributed by atoms with Gasteiger partial charge in [0, 0.05) is 43.2 Å². The van der Waals surface area contributed by atoms with Crippen LogP contribution in [0, 0.1) is 17.8 Å². The lowest BCUT2D eigenvalue weighted by Gasteiger charge is -2.64. The van der Waals surface area contributed by atoms with E-state index in [1.807, 2.05) is 7.05 Å². The summed E-state index contributed by atoms with van der Waals surface area (Å²) >= 11 is 0. The summed E-state index contributed by atoms with van der Waals surface area (Å²) < 4.78 is 23.4. The predicted octanol–water partition coefficient (Wildman–Crippen LogP) is 6.99. The SMILES string of the molecule is CC[C@H]1CN2CCc3cc(OC)c(OC)cc3[C@@H]2C[C@@H]1CC1c2cc(OC)c(OC)cc2CCC23CC(CONC)CCCCC1(C2)N3. The fraction of sp³-hybridized carbons (Fsp3) is 0.700. The second kappa shape index (κ2) is 14.0. The molecule has 4 aliphatic heterocycles. The summed E-state index contributed by atoms with van der Waals surface area (Å²) in [6.07, 6.45) is 14.3. The zero-order valence-corrected chi connectivity index (χ0v) is 30.3. The minimum atomic E-state index is 0.101. The first-order valence-corrected chi connectivity index (χ1v) is 18.7. The summed E-state index contributed by atoms with van der Waals surface area (Å²) in [5.74, 6) is 5.70. The molecule has 8 heteroatoms. The number of aryl methyl sites for hydroxylation is 1. The van der Waals surface area contributed by atoms with E-state index in [2.05, 4.69) is 46.9 Å². The van der Waals surface area contributed by atoms with E-state index in [-0.39, 0.29) is 11.1 Å². The van der Waals surface area contributed by atoms with Gasteiger partial charge < -0.3 is 29.1 Å². The molecule has 2 aromatic rings. The number of methoxy groups -OCH3 is 4. The molecule has 1 saturated carbocycles. The third-order valence-corrected chi connectivity index (χ3v) is 13.2. The van der Waals surface area contributed by atoms with Crippen LogP contribution >= 0.6 is 0 Å². The molecular formula is C40H59N3O5. The van der Waals surface area contributed by atoms with Gasteiger partial charge in [-0.25, -0.2) is 5.48 Å². The van der Waals surface area contributed by atoms with E-state index in [1.165, 1.54) is 86.6 Å². The molecule has 3 fully saturated rings. The lowest BCUT2D eigenvalue weighted by atomic mass is 9.54. The van der Waals surface area contributed by atoms with Crippen LogP contribution in [0.25, 0.3) is 0 Å². The first kappa shape index (κ1) is 34.0. The number of nitrogens with zero attached hydrogens (tertiary/aromatic N) is 1. The molecule has 0 amide bonds. The summed E-state index contributed by atoms with van der Waals surface area (Å²) in [5, 5.41) is 4.45. The van der Waals surface area contributed by atoms with E-state index in [0.717, 1.165) is 55.4 Å². The minimum absolute atomic E-state index is 0.101. The van der Waals surface area contributed by atoms with Gasteiger partial charge in [0.05, 0.1) is 35.0 Å². The summed E-state index contributed by atoms with van der Waals surface area (Å²) in [6, 6.07) is 9.61. The molecule has 8 rings (SSSR count). The van der Waals surface area contributed by atoms with Gasteiger partial charge in [0.2, 0.25) is 0 Å². The van der Waals surface area contributed by atoms with Crippen molar-refractivity contribution in [2.45, 2.75) is 107 Å². The molecule has 4 unspecified atom stereocenters. The molecule has 8 nitrogen and oxygen atoms in total. The molecule has 6 aliphatic rings. The average Bonchev–Trinajstić information content (AvgIpc) is 3.23. The Kier molecular flexibility index (Phi) is 9.91. The number of hydrogen-bond donors (Lipinski definition) is 2. The number of benzene rings is 2. The number of hydrogen-bond acceptors (Lipinski definition) is 8. The summed E-state index contributed by atoms with van der Waals surface area (Å²) in [5.41, 5.74) is 9.03. The predicted molar refractivity (Wildman–Crippen MR) is 189 cm³/mol. The van der Waals surface area contributed by atoms with Crippen LogP contribution in [0.1, 0.15) is 105 Å². The van der Waals surface area contributed by atoms with E-state index in [0.29, 0.717) is 29.7 Å². The van der Waals surface area contributed by atoms with E-state index >= 15 is 0 Å². The molecule has 2 saturated heterocycles. The average molecular weight is 662 g/mol. The second-order valence-corrected chi connectivity index (χ2v) is 15.6. The van der Waals surface area contributed by atoms with Gasteiger partial charge >= 0.3 is 0 Å². The van der Waals surface area contributed by atoms with Crippen LogP contribution in [0.5, 0.6) is 23.0 Å². The Morgan fingerprint density at radius 2 is 1.52 bits per heavy atom. The lowest BCUT2D eigenvalue weighted by molar-refractivity contribution is -0.0388. The van der Waals surface area contributed by atoms with Crippen LogP contribution in [0.3, 0.4) is 0 Å². The van der Waals surface area contributed by atoms with E-state index in [4.69, 9.17) is 23.8 Å². The number of fused-ring (bicyclic) bond motifs is 4. The van der Waals surface area contributed by atoms with Crippen LogP contribution < -0.4 is 29.7 Å². The van der Waals surface area contributed by atoms with Crippen LogP contribution in [0.4, 0.5) is 0 Å². The smallest absolute Gasteiger partial charge is 0.161 e. The molecule has 2 aliphatic carbocycles. The highest BCUT2D eigenvalue weighted by Gasteiger charge is 2.59. The van der Waals surface area contributed by atoms with Crippen LogP contribution in [-0.2, 0) is 17.7 Å². The summed E-state index contributed by atoms with van der Waals surface area (Å²) in [6.45, 7) is 5.49. The maximum Gasteiger partial charge on any atom is 0.161 e. The molecule has 2 N–H and O–H groups in total. The Morgan fingerprint density at radius 1 is 0.854 bits per heavy atom. The van der Waals surface area contributed by atoms with Crippen molar-refractivity contribution < 1.29 is 23.8 Å². The zero-order chi connectivity index (χ0) is 33.5. The molecule has 264 valence electrons. The van der Waals surface area contributed by atoms with Gasteiger partial charge in [0.1, 0.15) is 0 Å². The second-order valence-electron chi connectivity index (χ2n) is 15.6. The maximum absolute atomic E-state index is 5.98. The van der Waals surface area contributed by atoms with Crippen LogP contribution in [-0.4, -0.2) is 71.2 Å². The highest BCUT2D eigenvalue weighted by Crippen LogP contribution is 2.58. The van der Waals surface area contributed by atoms with Crippen LogP contribution in [0.2, 0.25) is 0 Å². The van der Waals surface area contributed by atoms with Crippen molar-refractivity contribution in [3.8, 4) is 23.0 Å². The highest BCUT2D eigenvalue weighted by molar-refractivity contribution is 5.52. The Balaban J connectivity index is 1.26. The summed E-state index contributed by atoms with van der Waals surface area (Å²) in [7, 11) is 8.94. The van der Waals surface area contributed by atoms with Gasteiger partial charge in [-0.2, -0.15) is 0 Å². The molecule has 2 aromatic carbocycles. The molecule has 0 radical (unpaired) electrons. The lowest BCUT2D eigenvalue weighted by Crippen LogP contribution is -2.75. The zero-order valence-electron chi connectivity index (χ0n) is 30.3. The quantitative estimate of drug-likeness (QED) is 0.264. The molecular weight excluding hydrogens is 602 g/mol. The standard InChI is InChI=1S/C40H59N3O5/c1-7-27-23-43-15-12-29-19-36(45-4)38(47-6)21-32(29)34(43)17-30(27)16-33-31-20-37(46-5)35(44-3)18-28(31)11-14-39-22-26(24-48-41-2)10-8-9-13-40(33,25-39)42-39/h18-21,26-27,30,33-34,41-42H,7-17,22-25H2,1-6H3/t26?,27-,30-,33?,34-,39?,40?/m0/s1. The fourth-order valence-electron chi connectivity index (χ4n) is 11.0. The minimum Gasteiger partial charge on any atom is -0.493 e. The van der Waals surface area contributed by atoms with Crippen molar-refractivity contribution in [2.75, 3.05) is 55.2 Å². The van der Waals surface area contributed by atoms with E-state index in [9.17, 15) is 0 Å². The van der Waals surface area contributed by atoms with Crippen molar-refractivity contribution >= 4 is 0 Å². The van der Waals surface area contributed by atoms with Crippen molar-refractivity contribution in [3.63, 3.8) is 0 Å². The number of rotatable bonds is 10. The maximum atomic E-state index is 5.98. The van der Waals surface area contributed by atoms with Gasteiger partial charge in [0.15, 0.2) is 23.0 Å². The highest BCUT2D eigenvalue weighted by atomic mass is 16.6. The molecule has 0 spiro atoms. The Hall–Kier alpha value is -2.52. The van der Waals surface area contributed by atoms with Gasteiger partial charge in [-0.3, -0.25) is 4.90 Å². The largest absolute Gasteiger partial charge is 0.493 e. The van der Waals surface area contributed by atoms with Gasteiger partial charge in [-0.05, 0) is 122 Å².